The molecule has 1 N–H and O–H groups in total. The number of amides is 1. The van der Waals surface area contributed by atoms with Crippen LogP contribution in [0, 0.1) is 12.8 Å². The number of carbonyl (C=O) groups excluding carboxylic acids is 1. The van der Waals surface area contributed by atoms with Crippen molar-refractivity contribution in [2.75, 3.05) is 18.0 Å². The maximum absolute atomic E-state index is 12.8. The largest absolute Gasteiger partial charge is 0.355 e. The molecule has 1 amide bonds. The summed E-state index contributed by atoms with van der Waals surface area (Å²) in [5.41, 5.74) is 1.30. The number of fused-ring (bicyclic) bond motifs is 1. The van der Waals surface area contributed by atoms with Crippen molar-refractivity contribution in [2.24, 2.45) is 5.92 Å². The zero-order valence-electron chi connectivity index (χ0n) is 15.4. The van der Waals surface area contributed by atoms with Gasteiger partial charge in [-0.1, -0.05) is 30.8 Å². The number of piperidine rings is 1. The Hall–Kier alpha value is -2.18. The van der Waals surface area contributed by atoms with Gasteiger partial charge >= 0.3 is 0 Å². The molecule has 26 heavy (non-hydrogen) atoms. The van der Waals surface area contributed by atoms with Gasteiger partial charge in [0.1, 0.15) is 17.5 Å². The highest BCUT2D eigenvalue weighted by Crippen LogP contribution is 2.29. The summed E-state index contributed by atoms with van der Waals surface area (Å²) in [6.07, 6.45) is 10.7. The number of hydrogen-bond donors (Lipinski definition) is 1. The van der Waals surface area contributed by atoms with Crippen molar-refractivity contribution >= 4 is 22.8 Å². The first-order valence-electron chi connectivity index (χ1n) is 9.84. The molecule has 3 heterocycles. The third kappa shape index (κ3) is 3.52. The molecule has 2 aromatic rings. The predicted octanol–water partition coefficient (Wildman–Crippen LogP) is 2.98. The Morgan fingerprint density at radius 1 is 1.15 bits per heavy atom. The summed E-state index contributed by atoms with van der Waals surface area (Å²) in [4.78, 5) is 23.6. The summed E-state index contributed by atoms with van der Waals surface area (Å²) >= 11 is 0. The first kappa shape index (κ1) is 17.2. The lowest BCUT2D eigenvalue weighted by atomic mass is 9.96. The van der Waals surface area contributed by atoms with Gasteiger partial charge in [0.05, 0.1) is 11.6 Å². The van der Waals surface area contributed by atoms with E-state index in [1.807, 2.05) is 6.92 Å². The zero-order chi connectivity index (χ0) is 17.9. The quantitative estimate of drug-likeness (QED) is 0.850. The average Bonchev–Trinajstić information content (AvgIpc) is 2.88. The minimum atomic E-state index is 0.0113. The number of aryl methyl sites for hydroxylation is 1. The molecular formula is C19H27N5O2. The lowest BCUT2D eigenvalue weighted by Gasteiger charge is -2.33. The van der Waals surface area contributed by atoms with E-state index in [1.165, 1.54) is 32.0 Å². The van der Waals surface area contributed by atoms with E-state index in [1.54, 1.807) is 0 Å². The van der Waals surface area contributed by atoms with Crippen LogP contribution in [-0.4, -0.2) is 40.2 Å². The highest BCUT2D eigenvalue weighted by atomic mass is 16.5. The Morgan fingerprint density at radius 3 is 2.77 bits per heavy atom. The van der Waals surface area contributed by atoms with Crippen LogP contribution in [-0.2, 0) is 4.79 Å². The molecule has 2 aliphatic rings. The highest BCUT2D eigenvalue weighted by Gasteiger charge is 2.29. The molecule has 0 spiro atoms. The maximum atomic E-state index is 12.8. The Labute approximate surface area is 153 Å². The van der Waals surface area contributed by atoms with E-state index in [0.29, 0.717) is 18.3 Å². The van der Waals surface area contributed by atoms with E-state index in [2.05, 4.69) is 25.3 Å². The van der Waals surface area contributed by atoms with Crippen molar-refractivity contribution < 1.29 is 9.32 Å². The number of carbonyl (C=O) groups is 1. The van der Waals surface area contributed by atoms with Gasteiger partial charge in [0.2, 0.25) is 5.91 Å². The van der Waals surface area contributed by atoms with Crippen LogP contribution in [0.2, 0.25) is 0 Å². The second-order valence-corrected chi connectivity index (χ2v) is 7.63. The van der Waals surface area contributed by atoms with Gasteiger partial charge in [-0.15, -0.1) is 0 Å². The smallest absolute Gasteiger partial charge is 0.263 e. The minimum Gasteiger partial charge on any atom is -0.355 e. The molecule has 0 bridgehead atoms. The van der Waals surface area contributed by atoms with Gasteiger partial charge in [0.15, 0.2) is 0 Å². The lowest BCUT2D eigenvalue weighted by molar-refractivity contribution is -0.126. The molecule has 7 heteroatoms. The van der Waals surface area contributed by atoms with Crippen molar-refractivity contribution in [3.8, 4) is 0 Å². The Balaban J connectivity index is 1.46. The average molecular weight is 357 g/mol. The second kappa shape index (κ2) is 7.60. The van der Waals surface area contributed by atoms with Gasteiger partial charge in [-0.2, -0.15) is 4.98 Å². The van der Waals surface area contributed by atoms with Crippen molar-refractivity contribution in [1.29, 1.82) is 0 Å². The van der Waals surface area contributed by atoms with Crippen molar-refractivity contribution in [1.82, 2.24) is 20.4 Å². The summed E-state index contributed by atoms with van der Waals surface area (Å²) in [5.74, 6) is 1.05. The van der Waals surface area contributed by atoms with E-state index >= 15 is 0 Å². The van der Waals surface area contributed by atoms with Crippen molar-refractivity contribution in [3.05, 3.63) is 12.0 Å². The maximum Gasteiger partial charge on any atom is 0.263 e. The molecule has 0 radical (unpaired) electrons. The fourth-order valence-electron chi connectivity index (χ4n) is 4.27. The molecule has 4 rings (SSSR count). The van der Waals surface area contributed by atoms with Crippen LogP contribution in [0.4, 0.5) is 5.82 Å². The van der Waals surface area contributed by atoms with Crippen LogP contribution in [0.1, 0.15) is 57.1 Å². The normalized spacial score (nSPS) is 22.3. The Morgan fingerprint density at radius 2 is 1.96 bits per heavy atom. The molecule has 7 nitrogen and oxygen atoms in total. The molecule has 2 fully saturated rings. The topological polar surface area (TPSA) is 84.2 Å². The van der Waals surface area contributed by atoms with Crippen LogP contribution in [0.3, 0.4) is 0 Å². The molecule has 1 saturated carbocycles. The molecular weight excluding hydrogens is 330 g/mol. The summed E-state index contributed by atoms with van der Waals surface area (Å²) in [5, 5.41) is 8.18. The van der Waals surface area contributed by atoms with Crippen molar-refractivity contribution in [2.45, 2.75) is 64.3 Å². The first-order valence-corrected chi connectivity index (χ1v) is 9.84. The number of rotatable bonds is 3. The standard InChI is InChI=1S/C19H27N5O2/c1-13-16-17(20-12-21-19(16)26-23-13)24-10-6-7-14(11-24)18(25)22-15-8-4-2-3-5-9-15/h12,14-15H,2-11H2,1H3,(H,22,25)/t14-/m1/s1. The first-order chi connectivity index (χ1) is 12.7. The van der Waals surface area contributed by atoms with E-state index in [9.17, 15) is 4.79 Å². The van der Waals surface area contributed by atoms with Gasteiger partial charge in [0, 0.05) is 19.1 Å². The monoisotopic (exact) mass is 357 g/mol. The molecule has 1 atom stereocenters. The molecule has 0 unspecified atom stereocenters. The number of nitrogens with one attached hydrogen (secondary N) is 1. The van der Waals surface area contributed by atoms with Gasteiger partial charge in [-0.25, -0.2) is 4.98 Å². The van der Waals surface area contributed by atoms with E-state index in [-0.39, 0.29) is 11.8 Å². The summed E-state index contributed by atoms with van der Waals surface area (Å²) in [6, 6.07) is 0.353. The van der Waals surface area contributed by atoms with Gasteiger partial charge in [-0.05, 0) is 32.6 Å². The molecule has 1 saturated heterocycles. The second-order valence-electron chi connectivity index (χ2n) is 7.63. The molecule has 2 aromatic heterocycles. The predicted molar refractivity (Wildman–Crippen MR) is 98.9 cm³/mol. The zero-order valence-corrected chi connectivity index (χ0v) is 15.4. The van der Waals surface area contributed by atoms with Gasteiger partial charge in [-0.3, -0.25) is 4.79 Å². The minimum absolute atomic E-state index is 0.0113. The number of nitrogens with zero attached hydrogens (tertiary/aromatic N) is 4. The third-order valence-corrected chi connectivity index (χ3v) is 5.72. The van der Waals surface area contributed by atoms with Crippen LogP contribution >= 0.6 is 0 Å². The van der Waals surface area contributed by atoms with Crippen molar-refractivity contribution in [3.63, 3.8) is 0 Å². The summed E-state index contributed by atoms with van der Waals surface area (Å²) < 4.78 is 5.26. The fourth-order valence-corrected chi connectivity index (χ4v) is 4.27. The van der Waals surface area contributed by atoms with Crippen LogP contribution < -0.4 is 10.2 Å². The van der Waals surface area contributed by atoms with Gasteiger partial charge < -0.3 is 14.7 Å². The molecule has 0 aromatic carbocycles. The van der Waals surface area contributed by atoms with Gasteiger partial charge in [0.25, 0.3) is 5.71 Å². The number of anilines is 1. The molecule has 140 valence electrons. The Bertz CT molecular complexity index is 766. The fraction of sp³-hybridized carbons (Fsp3) is 0.684. The SMILES string of the molecule is Cc1noc2ncnc(N3CCC[C@@H](C(=O)NC4CCCCCC4)C3)c12. The lowest BCUT2D eigenvalue weighted by Crippen LogP contribution is -2.46. The summed E-state index contributed by atoms with van der Waals surface area (Å²) in [7, 11) is 0. The van der Waals surface area contributed by atoms with E-state index < -0.39 is 0 Å². The number of aromatic nitrogens is 3. The molecule has 1 aliphatic carbocycles. The van der Waals surface area contributed by atoms with Crippen LogP contribution in [0.25, 0.3) is 11.1 Å². The van der Waals surface area contributed by atoms with E-state index in [0.717, 1.165) is 49.1 Å². The molecule has 1 aliphatic heterocycles. The van der Waals surface area contributed by atoms with E-state index in [4.69, 9.17) is 4.52 Å². The Kier molecular flexibility index (Phi) is 5.04. The van der Waals surface area contributed by atoms with Crippen LogP contribution in [0.5, 0.6) is 0 Å². The third-order valence-electron chi connectivity index (χ3n) is 5.72. The summed E-state index contributed by atoms with van der Waals surface area (Å²) in [6.45, 7) is 3.48. The highest BCUT2D eigenvalue weighted by molar-refractivity contribution is 5.88. The number of hydrogen-bond acceptors (Lipinski definition) is 6. The van der Waals surface area contributed by atoms with Crippen LogP contribution in [0.15, 0.2) is 10.9 Å².